The Morgan fingerprint density at radius 2 is 1.95 bits per heavy atom. The molecule has 0 bridgehead atoms. The fraction of sp³-hybridized carbons (Fsp3) is 0.647. The Morgan fingerprint density at radius 3 is 2.65 bits per heavy atom. The topological polar surface area (TPSA) is 29.3 Å². The Morgan fingerprint density at radius 1 is 1.20 bits per heavy atom. The number of fused-ring (bicyclic) bond motifs is 1. The van der Waals surface area contributed by atoms with Gasteiger partial charge in [0.15, 0.2) is 0 Å². The van der Waals surface area contributed by atoms with E-state index in [4.69, 9.17) is 17.3 Å². The first-order valence-electron chi connectivity index (χ1n) is 7.95. The van der Waals surface area contributed by atoms with Crippen LogP contribution in [0, 0.1) is 11.8 Å². The highest BCUT2D eigenvalue weighted by molar-refractivity contribution is 6.31. The minimum Gasteiger partial charge on any atom is -0.371 e. The molecule has 2 aliphatic rings. The van der Waals surface area contributed by atoms with Gasteiger partial charge >= 0.3 is 0 Å². The van der Waals surface area contributed by atoms with E-state index in [1.54, 1.807) is 0 Å². The molecule has 0 amide bonds. The number of benzene rings is 1. The van der Waals surface area contributed by atoms with Crippen LogP contribution in [0.4, 0.5) is 5.69 Å². The Balaban J connectivity index is 1.75. The summed E-state index contributed by atoms with van der Waals surface area (Å²) in [6.07, 6.45) is 7.06. The highest BCUT2D eigenvalue weighted by Gasteiger charge is 2.31. The van der Waals surface area contributed by atoms with Crippen LogP contribution in [0.25, 0.3) is 0 Å². The molecule has 2 nitrogen and oxygen atoms in total. The molecular weight excluding hydrogens is 268 g/mol. The maximum Gasteiger partial charge on any atom is 0.0474 e. The van der Waals surface area contributed by atoms with Gasteiger partial charge in [0.25, 0.3) is 0 Å². The number of nitrogens with two attached hydrogens (primary N) is 1. The zero-order chi connectivity index (χ0) is 14.1. The first-order chi connectivity index (χ1) is 9.65. The standard InChI is InChI=1S/C17H25ClN2/c1-12(19)16-7-6-15(10-17(16)18)20-9-8-13-4-2-3-5-14(13)11-20/h6-7,10,12-14H,2-5,8-9,11,19H2,1H3. The Bertz CT molecular complexity index is 472. The molecule has 2 fully saturated rings. The van der Waals surface area contributed by atoms with Crippen molar-refractivity contribution in [2.24, 2.45) is 17.6 Å². The number of halogens is 1. The second-order valence-electron chi connectivity index (χ2n) is 6.53. The van der Waals surface area contributed by atoms with Gasteiger partial charge in [0.2, 0.25) is 0 Å². The molecule has 1 aromatic rings. The Hall–Kier alpha value is -0.730. The van der Waals surface area contributed by atoms with Crippen LogP contribution in [0.3, 0.4) is 0 Å². The molecule has 1 heterocycles. The maximum atomic E-state index is 6.37. The third-order valence-electron chi connectivity index (χ3n) is 5.13. The Kier molecular flexibility index (Phi) is 4.23. The molecule has 20 heavy (non-hydrogen) atoms. The molecule has 110 valence electrons. The van der Waals surface area contributed by atoms with Crippen LogP contribution in [0.5, 0.6) is 0 Å². The molecule has 1 saturated carbocycles. The fourth-order valence-electron chi connectivity index (χ4n) is 3.92. The minimum atomic E-state index is 0.000584. The molecule has 3 heteroatoms. The second kappa shape index (κ2) is 5.95. The molecule has 3 unspecified atom stereocenters. The van der Waals surface area contributed by atoms with E-state index >= 15 is 0 Å². The third-order valence-corrected chi connectivity index (χ3v) is 5.46. The van der Waals surface area contributed by atoms with Crippen LogP contribution in [0.15, 0.2) is 18.2 Å². The van der Waals surface area contributed by atoms with Gasteiger partial charge in [-0.1, -0.05) is 36.9 Å². The first kappa shape index (κ1) is 14.2. The SMILES string of the molecule is CC(N)c1ccc(N2CCC3CCCCC3C2)cc1Cl. The van der Waals surface area contributed by atoms with Crippen LogP contribution < -0.4 is 10.6 Å². The predicted molar refractivity (Wildman–Crippen MR) is 86.3 cm³/mol. The summed E-state index contributed by atoms with van der Waals surface area (Å²) in [6, 6.07) is 6.38. The van der Waals surface area contributed by atoms with Crippen molar-refractivity contribution in [1.29, 1.82) is 0 Å². The summed E-state index contributed by atoms with van der Waals surface area (Å²) in [5, 5.41) is 0.809. The maximum absolute atomic E-state index is 6.37. The number of rotatable bonds is 2. The lowest BCUT2D eigenvalue weighted by atomic mass is 9.75. The van der Waals surface area contributed by atoms with E-state index in [2.05, 4.69) is 23.1 Å². The van der Waals surface area contributed by atoms with Gasteiger partial charge in [0, 0.05) is 29.8 Å². The molecule has 2 N–H and O–H groups in total. The number of hydrogen-bond donors (Lipinski definition) is 1. The molecule has 0 aromatic heterocycles. The van der Waals surface area contributed by atoms with Crippen LogP contribution in [-0.2, 0) is 0 Å². The van der Waals surface area contributed by atoms with E-state index in [0.717, 1.165) is 22.4 Å². The average Bonchev–Trinajstić information content (AvgIpc) is 2.46. The molecule has 0 radical (unpaired) electrons. The largest absolute Gasteiger partial charge is 0.371 e. The number of anilines is 1. The van der Waals surface area contributed by atoms with Crippen molar-refractivity contribution in [3.05, 3.63) is 28.8 Å². The molecule has 3 rings (SSSR count). The third kappa shape index (κ3) is 2.82. The van der Waals surface area contributed by atoms with Gasteiger partial charge in [-0.25, -0.2) is 0 Å². The summed E-state index contributed by atoms with van der Waals surface area (Å²) >= 11 is 6.37. The highest BCUT2D eigenvalue weighted by Crippen LogP contribution is 2.38. The monoisotopic (exact) mass is 292 g/mol. The Labute approximate surface area is 127 Å². The van der Waals surface area contributed by atoms with Gasteiger partial charge in [0.1, 0.15) is 0 Å². The normalized spacial score (nSPS) is 28.1. The van der Waals surface area contributed by atoms with Crippen molar-refractivity contribution < 1.29 is 0 Å². The van der Waals surface area contributed by atoms with E-state index < -0.39 is 0 Å². The highest BCUT2D eigenvalue weighted by atomic mass is 35.5. The van der Waals surface area contributed by atoms with E-state index in [1.165, 1.54) is 50.9 Å². The average molecular weight is 293 g/mol. The van der Waals surface area contributed by atoms with Gasteiger partial charge in [-0.05, 0) is 49.3 Å². The second-order valence-corrected chi connectivity index (χ2v) is 6.94. The summed E-state index contributed by atoms with van der Waals surface area (Å²) in [5.41, 5.74) is 8.24. The predicted octanol–water partition coefficient (Wildman–Crippen LogP) is 4.38. The summed E-state index contributed by atoms with van der Waals surface area (Å²) < 4.78 is 0. The van der Waals surface area contributed by atoms with Gasteiger partial charge in [-0.3, -0.25) is 0 Å². The molecule has 1 aliphatic heterocycles. The fourth-order valence-corrected chi connectivity index (χ4v) is 4.26. The van der Waals surface area contributed by atoms with Crippen molar-refractivity contribution >= 4 is 17.3 Å². The quantitative estimate of drug-likeness (QED) is 0.877. The molecule has 0 spiro atoms. The van der Waals surface area contributed by atoms with Crippen LogP contribution in [0.1, 0.15) is 50.6 Å². The lowest BCUT2D eigenvalue weighted by Gasteiger charge is -2.42. The minimum absolute atomic E-state index is 0.000584. The first-order valence-corrected chi connectivity index (χ1v) is 8.33. The molecule has 3 atom stereocenters. The molecule has 1 aromatic carbocycles. The van der Waals surface area contributed by atoms with Crippen molar-refractivity contribution in [3.8, 4) is 0 Å². The van der Waals surface area contributed by atoms with Crippen LogP contribution in [0.2, 0.25) is 5.02 Å². The summed E-state index contributed by atoms with van der Waals surface area (Å²) in [5.74, 6) is 1.86. The lowest BCUT2D eigenvalue weighted by Crippen LogP contribution is -2.41. The zero-order valence-corrected chi connectivity index (χ0v) is 13.1. The number of piperidine rings is 1. The van der Waals surface area contributed by atoms with Crippen molar-refractivity contribution in [3.63, 3.8) is 0 Å². The summed E-state index contributed by atoms with van der Waals surface area (Å²) in [4.78, 5) is 2.52. The van der Waals surface area contributed by atoms with Crippen LogP contribution >= 0.6 is 11.6 Å². The van der Waals surface area contributed by atoms with Gasteiger partial charge < -0.3 is 10.6 Å². The van der Waals surface area contributed by atoms with Crippen molar-refractivity contribution in [2.75, 3.05) is 18.0 Å². The molecule has 1 aliphatic carbocycles. The summed E-state index contributed by atoms with van der Waals surface area (Å²) in [7, 11) is 0. The number of nitrogens with zero attached hydrogens (tertiary/aromatic N) is 1. The van der Waals surface area contributed by atoms with E-state index in [-0.39, 0.29) is 6.04 Å². The van der Waals surface area contributed by atoms with Crippen molar-refractivity contribution in [2.45, 2.75) is 45.1 Å². The molecular formula is C17H25ClN2. The van der Waals surface area contributed by atoms with Gasteiger partial charge in [-0.15, -0.1) is 0 Å². The van der Waals surface area contributed by atoms with E-state index in [9.17, 15) is 0 Å². The lowest BCUT2D eigenvalue weighted by molar-refractivity contribution is 0.202. The summed E-state index contributed by atoms with van der Waals surface area (Å²) in [6.45, 7) is 4.36. The smallest absolute Gasteiger partial charge is 0.0474 e. The zero-order valence-electron chi connectivity index (χ0n) is 12.3. The van der Waals surface area contributed by atoms with Crippen molar-refractivity contribution in [1.82, 2.24) is 0 Å². The van der Waals surface area contributed by atoms with E-state index in [1.807, 2.05) is 6.92 Å². The van der Waals surface area contributed by atoms with E-state index in [0.29, 0.717) is 0 Å². The van der Waals surface area contributed by atoms with Gasteiger partial charge in [0.05, 0.1) is 0 Å². The van der Waals surface area contributed by atoms with Gasteiger partial charge in [-0.2, -0.15) is 0 Å². The molecule has 1 saturated heterocycles. The van der Waals surface area contributed by atoms with Crippen LogP contribution in [-0.4, -0.2) is 13.1 Å². The number of hydrogen-bond acceptors (Lipinski definition) is 2.